The third-order valence-corrected chi connectivity index (χ3v) is 0. The Labute approximate surface area is 91.3 Å². The summed E-state index contributed by atoms with van der Waals surface area (Å²) in [6, 6.07) is 1.75. The molecule has 0 N–H and O–H groups in total. The first-order valence-electron chi connectivity index (χ1n) is 1.17. The number of rotatable bonds is 0. The van der Waals surface area contributed by atoms with Crippen LogP contribution in [0.4, 0.5) is 0 Å². The molecule has 0 radical (unpaired) electrons. The van der Waals surface area contributed by atoms with Crippen LogP contribution in [-0.2, 0) is 0 Å². The van der Waals surface area contributed by atoms with E-state index in [1.54, 1.807) is 6.07 Å². The summed E-state index contributed by atoms with van der Waals surface area (Å²) < 4.78 is 0. The molecule has 0 aromatic carbocycles. The number of thiol groups is 1. The second kappa shape index (κ2) is 28.2. The molecule has 4 heteroatoms. The first-order valence-corrected chi connectivity index (χ1v) is 1.62. The number of hydrogen-bond donors (Lipinski definition) is 1. The number of nitriles is 2. The van der Waals surface area contributed by atoms with Gasteiger partial charge in [-0.3, -0.25) is 0 Å². The Morgan fingerprint density at radius 3 is 1.43 bits per heavy atom. The average Bonchev–Trinajstić information content (AvgIpc) is 1.39. The number of hydrogen-bond acceptors (Lipinski definition) is 3. The number of nitrogens with zero attached hydrogens (tertiary/aromatic N) is 2. The molecule has 0 heterocycles. The van der Waals surface area contributed by atoms with E-state index in [4.69, 9.17) is 10.5 Å². The van der Waals surface area contributed by atoms with Crippen molar-refractivity contribution in [2.45, 2.75) is 6.92 Å². The third-order valence-electron chi connectivity index (χ3n) is 0. The summed E-state index contributed by atoms with van der Waals surface area (Å²) in [7, 11) is 0. The van der Waals surface area contributed by atoms with Crippen molar-refractivity contribution in [1.29, 1.82) is 10.5 Å². The van der Waals surface area contributed by atoms with Gasteiger partial charge >= 0.3 is 51.4 Å². The molecule has 0 aliphatic carbocycles. The van der Waals surface area contributed by atoms with Crippen molar-refractivity contribution in [3.63, 3.8) is 0 Å². The first-order chi connectivity index (χ1) is 2.83. The normalized spacial score (nSPS) is 2.29. The fourth-order valence-corrected chi connectivity index (χ4v) is 0. The van der Waals surface area contributed by atoms with Crippen LogP contribution >= 0.6 is 12.6 Å². The van der Waals surface area contributed by atoms with E-state index in [-0.39, 0.29) is 51.4 Å². The van der Waals surface area contributed by atoms with E-state index in [0.717, 1.165) is 0 Å². The van der Waals surface area contributed by atoms with Crippen molar-refractivity contribution in [3.8, 4) is 11.5 Å². The molecule has 0 atom stereocenters. The molecule has 0 aliphatic heterocycles. The van der Waals surface area contributed by atoms with Crippen molar-refractivity contribution in [2.24, 2.45) is 0 Å². The standard InChI is InChI=1S/C2H3N.CHNS.K.H/c1-2-3;2-1-3;;/h1H3;3H;;. The minimum absolute atomic E-state index is 0. The third kappa shape index (κ3) is 184. The van der Waals surface area contributed by atoms with Crippen LogP contribution in [0, 0.1) is 22.0 Å². The Bertz CT molecular complexity index is 67.9. The molecule has 7 heavy (non-hydrogen) atoms. The predicted molar refractivity (Wildman–Crippen MR) is 33.0 cm³/mol. The molecule has 0 aromatic heterocycles. The average molecular weight is 140 g/mol. The van der Waals surface area contributed by atoms with Gasteiger partial charge < -0.3 is 0 Å². The monoisotopic (exact) mass is 140 g/mol. The van der Waals surface area contributed by atoms with Crippen LogP contribution in [0.25, 0.3) is 0 Å². The Kier molecular flexibility index (Phi) is 63.1. The second-order valence-corrected chi connectivity index (χ2v) is 0.524. The zero-order valence-corrected chi connectivity index (χ0v) is 4.24. The molecule has 0 saturated heterocycles. The van der Waals surface area contributed by atoms with Crippen molar-refractivity contribution in [2.75, 3.05) is 0 Å². The van der Waals surface area contributed by atoms with Crippen LogP contribution in [-0.4, -0.2) is 51.4 Å². The van der Waals surface area contributed by atoms with E-state index in [0.29, 0.717) is 0 Å². The van der Waals surface area contributed by atoms with E-state index in [2.05, 4.69) is 12.6 Å². The van der Waals surface area contributed by atoms with Crippen LogP contribution < -0.4 is 0 Å². The number of thiocyanates is 1. The van der Waals surface area contributed by atoms with Crippen LogP contribution in [0.1, 0.15) is 6.92 Å². The van der Waals surface area contributed by atoms with Gasteiger partial charge in [0, 0.05) is 6.92 Å². The van der Waals surface area contributed by atoms with Gasteiger partial charge in [-0.15, -0.1) is 0 Å². The van der Waals surface area contributed by atoms with Gasteiger partial charge in [0.25, 0.3) is 0 Å². The van der Waals surface area contributed by atoms with E-state index in [1.165, 1.54) is 12.3 Å². The molecule has 2 nitrogen and oxygen atoms in total. The van der Waals surface area contributed by atoms with Crippen LogP contribution in [0.15, 0.2) is 0 Å². The summed E-state index contributed by atoms with van der Waals surface area (Å²) >= 11 is 3.09. The molecule has 0 bridgehead atoms. The fraction of sp³-hybridized carbons (Fsp3) is 0.333. The summed E-state index contributed by atoms with van der Waals surface area (Å²) in [6.45, 7) is 1.43. The minimum atomic E-state index is 0. The molecular formula is C3H5KN2S. The summed E-state index contributed by atoms with van der Waals surface area (Å²) in [5, 5.41) is 15.9. The van der Waals surface area contributed by atoms with Gasteiger partial charge in [-0.1, -0.05) is 12.6 Å². The molecule has 0 rings (SSSR count). The molecule has 0 aromatic rings. The van der Waals surface area contributed by atoms with Crippen molar-refractivity contribution < 1.29 is 0 Å². The van der Waals surface area contributed by atoms with Gasteiger partial charge in [-0.2, -0.15) is 10.5 Å². The van der Waals surface area contributed by atoms with E-state index in [9.17, 15) is 0 Å². The van der Waals surface area contributed by atoms with Crippen LogP contribution in [0.2, 0.25) is 0 Å². The maximum absolute atomic E-state index is 7.32. The quantitative estimate of drug-likeness (QED) is 0.298. The van der Waals surface area contributed by atoms with Crippen LogP contribution in [0.5, 0.6) is 0 Å². The van der Waals surface area contributed by atoms with Gasteiger partial charge in [-0.25, -0.2) is 0 Å². The van der Waals surface area contributed by atoms with Gasteiger partial charge in [0.2, 0.25) is 0 Å². The Hall–Kier alpha value is 0.966. The molecule has 34 valence electrons. The predicted octanol–water partition coefficient (Wildman–Crippen LogP) is 0.279. The molecule has 0 unspecified atom stereocenters. The van der Waals surface area contributed by atoms with E-state index >= 15 is 0 Å². The van der Waals surface area contributed by atoms with E-state index in [1.807, 2.05) is 0 Å². The molecule has 0 spiro atoms. The van der Waals surface area contributed by atoms with Gasteiger partial charge in [-0.05, 0) is 0 Å². The second-order valence-electron chi connectivity index (χ2n) is 0.324. The summed E-state index contributed by atoms with van der Waals surface area (Å²) in [5.74, 6) is 0. The molecule has 0 amide bonds. The molecular weight excluding hydrogens is 135 g/mol. The van der Waals surface area contributed by atoms with Gasteiger partial charge in [0.05, 0.1) is 6.07 Å². The molecule has 0 fully saturated rings. The van der Waals surface area contributed by atoms with Crippen molar-refractivity contribution >= 4 is 64.0 Å². The van der Waals surface area contributed by atoms with Crippen molar-refractivity contribution in [3.05, 3.63) is 0 Å². The Morgan fingerprint density at radius 1 is 1.43 bits per heavy atom. The Balaban J connectivity index is -0.0000000400. The zero-order chi connectivity index (χ0) is 5.41. The van der Waals surface area contributed by atoms with Crippen LogP contribution in [0.3, 0.4) is 0 Å². The fourth-order valence-electron chi connectivity index (χ4n) is 0. The molecule has 0 aliphatic rings. The summed E-state index contributed by atoms with van der Waals surface area (Å²) in [5.41, 5.74) is 0. The van der Waals surface area contributed by atoms with Crippen molar-refractivity contribution in [1.82, 2.24) is 0 Å². The Morgan fingerprint density at radius 2 is 1.43 bits per heavy atom. The SMILES string of the molecule is CC#N.N#CS.[KH]. The van der Waals surface area contributed by atoms with E-state index < -0.39 is 0 Å². The first kappa shape index (κ1) is 15.7. The summed E-state index contributed by atoms with van der Waals surface area (Å²) in [6.07, 6.45) is 0. The topological polar surface area (TPSA) is 47.6 Å². The zero-order valence-electron chi connectivity index (χ0n) is 3.34. The summed E-state index contributed by atoms with van der Waals surface area (Å²) in [4.78, 5) is 0. The molecule has 0 saturated carbocycles. The van der Waals surface area contributed by atoms with Gasteiger partial charge in [0.15, 0.2) is 0 Å². The maximum atomic E-state index is 7.32. The van der Waals surface area contributed by atoms with Gasteiger partial charge in [0.1, 0.15) is 5.40 Å².